The molecule has 0 aromatic heterocycles. The summed E-state index contributed by atoms with van der Waals surface area (Å²) in [4.78, 5) is 2.38. The van der Waals surface area contributed by atoms with Crippen LogP contribution in [0, 0.1) is 0 Å². The number of benzene rings is 1. The predicted octanol–water partition coefficient (Wildman–Crippen LogP) is 1.12. The van der Waals surface area contributed by atoms with Gasteiger partial charge in [0.05, 0.1) is 14.2 Å². The second-order valence-electron chi connectivity index (χ2n) is 5.33. The number of sulfonamides is 1. The summed E-state index contributed by atoms with van der Waals surface area (Å²) in [6, 6.07) is 4.91. The third-order valence-corrected chi connectivity index (χ3v) is 5.33. The summed E-state index contributed by atoms with van der Waals surface area (Å²) in [5.74, 6) is 0.554. The molecular weight excluding hydrogens is 389 g/mol. The maximum Gasteiger partial charge on any atom is 0.247 e. The SMILES string of the molecule is COc1cccc(OC)c1S(=O)(=O)NCCCN1CCNCC1.Cl.Cl. The standard InChI is InChI=1S/C15H25N3O4S.2ClH/c1-21-13-5-3-6-14(22-2)15(13)23(19,20)17-7-4-10-18-11-8-16-9-12-18;;/h3,5-6,16-17H,4,7-12H2,1-2H3;2*1H. The van der Waals surface area contributed by atoms with Crippen molar-refractivity contribution in [2.45, 2.75) is 11.3 Å². The first kappa shape index (κ1) is 24.2. The lowest BCUT2D eigenvalue weighted by molar-refractivity contribution is 0.239. The zero-order chi connectivity index (χ0) is 16.7. The Hall–Kier alpha value is -0.770. The Bertz CT molecular complexity index is 589. The highest BCUT2D eigenvalue weighted by Gasteiger charge is 2.24. The average Bonchev–Trinajstić information content (AvgIpc) is 2.58. The summed E-state index contributed by atoms with van der Waals surface area (Å²) < 4.78 is 38.1. The summed E-state index contributed by atoms with van der Waals surface area (Å²) in [6.45, 7) is 5.26. The Morgan fingerprint density at radius 3 is 2.20 bits per heavy atom. The molecular formula is C15H27Cl2N3O4S. The van der Waals surface area contributed by atoms with Crippen LogP contribution in [-0.2, 0) is 10.0 Å². The maximum atomic E-state index is 12.5. The number of piperazine rings is 1. The minimum Gasteiger partial charge on any atom is -0.495 e. The summed E-state index contributed by atoms with van der Waals surface area (Å²) in [5, 5.41) is 3.30. The monoisotopic (exact) mass is 415 g/mol. The van der Waals surface area contributed by atoms with E-state index in [1.165, 1.54) is 14.2 Å². The molecule has 1 aromatic carbocycles. The van der Waals surface area contributed by atoms with Gasteiger partial charge in [0.25, 0.3) is 0 Å². The van der Waals surface area contributed by atoms with Crippen molar-refractivity contribution in [3.05, 3.63) is 18.2 Å². The van der Waals surface area contributed by atoms with Gasteiger partial charge in [-0.3, -0.25) is 0 Å². The molecule has 0 atom stereocenters. The highest BCUT2D eigenvalue weighted by Crippen LogP contribution is 2.32. The molecule has 7 nitrogen and oxygen atoms in total. The van der Waals surface area contributed by atoms with Gasteiger partial charge in [0.1, 0.15) is 11.5 Å². The number of nitrogens with zero attached hydrogens (tertiary/aromatic N) is 1. The van der Waals surface area contributed by atoms with Crippen molar-refractivity contribution in [3.8, 4) is 11.5 Å². The normalized spacial score (nSPS) is 15.0. The van der Waals surface area contributed by atoms with E-state index in [4.69, 9.17) is 9.47 Å². The van der Waals surface area contributed by atoms with Crippen LogP contribution in [0.1, 0.15) is 6.42 Å². The molecule has 0 spiro atoms. The average molecular weight is 416 g/mol. The fourth-order valence-corrected chi connectivity index (χ4v) is 3.99. The van der Waals surface area contributed by atoms with E-state index in [1.54, 1.807) is 18.2 Å². The van der Waals surface area contributed by atoms with E-state index in [0.717, 1.165) is 39.1 Å². The molecule has 1 aliphatic rings. The van der Waals surface area contributed by atoms with Crippen molar-refractivity contribution < 1.29 is 17.9 Å². The van der Waals surface area contributed by atoms with Crippen LogP contribution in [0.25, 0.3) is 0 Å². The molecule has 2 N–H and O–H groups in total. The van der Waals surface area contributed by atoms with E-state index in [2.05, 4.69) is 14.9 Å². The number of ether oxygens (including phenoxy) is 2. The van der Waals surface area contributed by atoms with Crippen LogP contribution in [0.2, 0.25) is 0 Å². The van der Waals surface area contributed by atoms with Crippen molar-refractivity contribution in [2.24, 2.45) is 0 Å². The minimum absolute atomic E-state index is 0. The van der Waals surface area contributed by atoms with Crippen LogP contribution in [0.15, 0.2) is 23.1 Å². The Morgan fingerprint density at radius 1 is 1.12 bits per heavy atom. The molecule has 0 radical (unpaired) electrons. The van der Waals surface area contributed by atoms with E-state index in [9.17, 15) is 8.42 Å². The van der Waals surface area contributed by atoms with Gasteiger partial charge in [0, 0.05) is 32.7 Å². The summed E-state index contributed by atoms with van der Waals surface area (Å²) in [5.41, 5.74) is 0. The Morgan fingerprint density at radius 2 is 1.68 bits per heavy atom. The van der Waals surface area contributed by atoms with Crippen molar-refractivity contribution in [3.63, 3.8) is 0 Å². The molecule has 1 aliphatic heterocycles. The van der Waals surface area contributed by atoms with E-state index >= 15 is 0 Å². The fourth-order valence-electron chi connectivity index (χ4n) is 2.60. The molecule has 25 heavy (non-hydrogen) atoms. The number of rotatable bonds is 8. The van der Waals surface area contributed by atoms with Gasteiger partial charge >= 0.3 is 0 Å². The van der Waals surface area contributed by atoms with E-state index in [-0.39, 0.29) is 41.2 Å². The van der Waals surface area contributed by atoms with E-state index in [0.29, 0.717) is 6.54 Å². The van der Waals surface area contributed by atoms with Crippen molar-refractivity contribution in [1.82, 2.24) is 14.9 Å². The Kier molecular flexibility index (Phi) is 11.4. The second-order valence-corrected chi connectivity index (χ2v) is 7.04. The number of halogens is 2. The Balaban J connectivity index is 0.00000288. The molecule has 1 fully saturated rings. The van der Waals surface area contributed by atoms with Gasteiger partial charge in [-0.05, 0) is 25.1 Å². The topological polar surface area (TPSA) is 79.9 Å². The molecule has 0 bridgehead atoms. The lowest BCUT2D eigenvalue weighted by atomic mass is 10.3. The van der Waals surface area contributed by atoms with Crippen LogP contribution in [-0.4, -0.2) is 66.8 Å². The molecule has 146 valence electrons. The van der Waals surface area contributed by atoms with Gasteiger partial charge in [-0.1, -0.05) is 6.07 Å². The number of hydrogen-bond acceptors (Lipinski definition) is 6. The second kappa shape index (κ2) is 11.8. The third kappa shape index (κ3) is 6.80. The quantitative estimate of drug-likeness (QED) is 0.619. The first-order chi connectivity index (χ1) is 11.1. The van der Waals surface area contributed by atoms with Crippen LogP contribution in [0.5, 0.6) is 11.5 Å². The van der Waals surface area contributed by atoms with E-state index in [1.807, 2.05) is 0 Å². The van der Waals surface area contributed by atoms with Gasteiger partial charge in [-0.2, -0.15) is 0 Å². The predicted molar refractivity (Wildman–Crippen MR) is 103 cm³/mol. The molecule has 0 amide bonds. The first-order valence-electron chi connectivity index (χ1n) is 7.72. The zero-order valence-electron chi connectivity index (χ0n) is 14.5. The largest absolute Gasteiger partial charge is 0.495 e. The van der Waals surface area contributed by atoms with E-state index < -0.39 is 10.0 Å². The van der Waals surface area contributed by atoms with Crippen molar-refractivity contribution in [1.29, 1.82) is 0 Å². The van der Waals surface area contributed by atoms with Crippen LogP contribution in [0.3, 0.4) is 0 Å². The molecule has 1 saturated heterocycles. The molecule has 1 aromatic rings. The highest BCUT2D eigenvalue weighted by molar-refractivity contribution is 7.89. The van der Waals surface area contributed by atoms with Crippen LogP contribution >= 0.6 is 24.8 Å². The smallest absolute Gasteiger partial charge is 0.247 e. The lowest BCUT2D eigenvalue weighted by Gasteiger charge is -2.27. The van der Waals surface area contributed by atoms with Crippen LogP contribution in [0.4, 0.5) is 0 Å². The van der Waals surface area contributed by atoms with Crippen LogP contribution < -0.4 is 19.5 Å². The third-order valence-electron chi connectivity index (χ3n) is 3.80. The number of hydrogen-bond donors (Lipinski definition) is 2. The van der Waals surface area contributed by atoms with Gasteiger partial charge in [0.2, 0.25) is 10.0 Å². The molecule has 2 rings (SSSR count). The van der Waals surface area contributed by atoms with Gasteiger partial charge < -0.3 is 19.7 Å². The molecule has 0 unspecified atom stereocenters. The Labute approximate surface area is 162 Å². The maximum absolute atomic E-state index is 12.5. The first-order valence-corrected chi connectivity index (χ1v) is 9.20. The van der Waals surface area contributed by atoms with Gasteiger partial charge in [-0.25, -0.2) is 13.1 Å². The molecule has 10 heteroatoms. The summed E-state index contributed by atoms with van der Waals surface area (Å²) in [6.07, 6.45) is 0.761. The molecule has 1 heterocycles. The van der Waals surface area contributed by atoms with Crippen molar-refractivity contribution >= 4 is 34.8 Å². The highest BCUT2D eigenvalue weighted by atomic mass is 35.5. The zero-order valence-corrected chi connectivity index (χ0v) is 16.9. The lowest BCUT2D eigenvalue weighted by Crippen LogP contribution is -2.44. The van der Waals surface area contributed by atoms with Gasteiger partial charge in [0.15, 0.2) is 4.90 Å². The summed E-state index contributed by atoms with van der Waals surface area (Å²) >= 11 is 0. The molecule has 0 saturated carbocycles. The molecule has 0 aliphatic carbocycles. The minimum atomic E-state index is -3.68. The van der Waals surface area contributed by atoms with Gasteiger partial charge in [-0.15, -0.1) is 24.8 Å². The number of methoxy groups -OCH3 is 2. The van der Waals surface area contributed by atoms with Crippen molar-refractivity contribution in [2.75, 3.05) is 53.5 Å². The number of nitrogens with one attached hydrogen (secondary N) is 2. The summed E-state index contributed by atoms with van der Waals surface area (Å²) in [7, 11) is -0.794. The fraction of sp³-hybridized carbons (Fsp3) is 0.600.